The van der Waals surface area contributed by atoms with Crippen LogP contribution in [0, 0.1) is 0 Å². The van der Waals surface area contributed by atoms with Crippen LogP contribution in [0.5, 0.6) is 0 Å². The Morgan fingerprint density at radius 2 is 0.893 bits per heavy atom. The van der Waals surface area contributed by atoms with E-state index in [2.05, 4.69) is 219 Å². The summed E-state index contributed by atoms with van der Waals surface area (Å²) in [6.45, 7) is 9.46. The topological polar surface area (TPSA) is 8.17 Å². The maximum Gasteiger partial charge on any atom is 0.0543 e. The molecule has 0 atom stereocenters. The van der Waals surface area contributed by atoms with E-state index in [9.17, 15) is 0 Å². The van der Waals surface area contributed by atoms with E-state index in [1.165, 1.54) is 88.8 Å². The number of hydrogen-bond donors (Lipinski definition) is 0. The molecule has 1 aromatic heterocycles. The molecular weight excluding hydrogens is 677 g/mol. The average Bonchev–Trinajstić information content (AvgIpc) is 3.79. The molecule has 2 nitrogen and oxygen atoms in total. The van der Waals surface area contributed by atoms with Crippen LogP contribution in [-0.2, 0) is 10.8 Å². The van der Waals surface area contributed by atoms with Gasteiger partial charge in [-0.1, -0.05) is 155 Å². The molecule has 0 bridgehead atoms. The highest BCUT2D eigenvalue weighted by Crippen LogP contribution is 2.55. The Hall–Kier alpha value is -6.64. The molecule has 0 fully saturated rings. The third kappa shape index (κ3) is 4.62. The second kappa shape index (κ2) is 11.9. The fraction of sp³-hybridized carbons (Fsp3) is 0.111. The van der Waals surface area contributed by atoms with E-state index in [-0.39, 0.29) is 10.8 Å². The number of benzene rings is 8. The Morgan fingerprint density at radius 1 is 0.393 bits per heavy atom. The van der Waals surface area contributed by atoms with Crippen LogP contribution in [0.25, 0.3) is 60.9 Å². The molecule has 2 heteroatoms. The molecule has 1 heterocycles. The first kappa shape index (κ1) is 32.8. The standard InChI is InChI=1S/C54H42N2/c1-53(2)46-19-10-6-17-44(46)52-47(53)20-13-23-51(52)55(39-32-33-41-40-14-5-9-18-45(40)54(3,4)48(41)34-39)37-28-24-35(25-29-37)36-26-30-38(31-27-36)56-49-21-11-7-15-42(49)43-16-8-12-22-50(43)56/h5-34H,1-4H3. The molecule has 2 aliphatic carbocycles. The van der Waals surface area contributed by atoms with Gasteiger partial charge < -0.3 is 9.47 Å². The van der Waals surface area contributed by atoms with Gasteiger partial charge in [0.25, 0.3) is 0 Å². The van der Waals surface area contributed by atoms with Crippen molar-refractivity contribution in [3.8, 4) is 39.1 Å². The largest absolute Gasteiger partial charge is 0.310 e. The Morgan fingerprint density at radius 3 is 1.57 bits per heavy atom. The van der Waals surface area contributed by atoms with Crippen LogP contribution in [0.1, 0.15) is 49.9 Å². The number of para-hydroxylation sites is 2. The number of aromatic nitrogens is 1. The molecule has 268 valence electrons. The van der Waals surface area contributed by atoms with E-state index in [1.54, 1.807) is 0 Å². The quantitative estimate of drug-likeness (QED) is 0.172. The van der Waals surface area contributed by atoms with Gasteiger partial charge in [-0.15, -0.1) is 0 Å². The maximum absolute atomic E-state index is 2.49. The minimum atomic E-state index is -0.101. The van der Waals surface area contributed by atoms with E-state index in [1.807, 2.05) is 0 Å². The summed E-state index contributed by atoms with van der Waals surface area (Å²) in [4.78, 5) is 2.49. The number of rotatable bonds is 5. The van der Waals surface area contributed by atoms with Crippen LogP contribution in [0.3, 0.4) is 0 Å². The molecular formula is C54H42N2. The van der Waals surface area contributed by atoms with Gasteiger partial charge in [0.15, 0.2) is 0 Å². The average molecular weight is 719 g/mol. The van der Waals surface area contributed by atoms with Crippen molar-refractivity contribution in [3.63, 3.8) is 0 Å². The van der Waals surface area contributed by atoms with Crippen LogP contribution in [-0.4, -0.2) is 4.57 Å². The first-order valence-electron chi connectivity index (χ1n) is 19.8. The molecule has 0 N–H and O–H groups in total. The lowest BCUT2D eigenvalue weighted by Crippen LogP contribution is -2.17. The van der Waals surface area contributed by atoms with Crippen molar-refractivity contribution in [3.05, 3.63) is 204 Å². The van der Waals surface area contributed by atoms with Crippen molar-refractivity contribution in [2.24, 2.45) is 0 Å². The molecule has 9 aromatic rings. The predicted molar refractivity (Wildman–Crippen MR) is 236 cm³/mol. The molecule has 0 aliphatic heterocycles. The third-order valence-corrected chi connectivity index (χ3v) is 12.8. The van der Waals surface area contributed by atoms with Crippen LogP contribution >= 0.6 is 0 Å². The molecule has 0 radical (unpaired) electrons. The van der Waals surface area contributed by atoms with Crippen LogP contribution in [0.15, 0.2) is 182 Å². The fourth-order valence-corrected chi connectivity index (χ4v) is 9.99. The summed E-state index contributed by atoms with van der Waals surface area (Å²) in [6.07, 6.45) is 0. The van der Waals surface area contributed by atoms with Crippen molar-refractivity contribution in [1.82, 2.24) is 4.57 Å². The van der Waals surface area contributed by atoms with Crippen molar-refractivity contribution < 1.29 is 0 Å². The zero-order chi connectivity index (χ0) is 37.8. The Labute approximate surface area is 328 Å². The van der Waals surface area contributed by atoms with Crippen LogP contribution < -0.4 is 4.90 Å². The smallest absolute Gasteiger partial charge is 0.0543 e. The van der Waals surface area contributed by atoms with E-state index in [4.69, 9.17) is 0 Å². The summed E-state index contributed by atoms with van der Waals surface area (Å²) >= 11 is 0. The maximum atomic E-state index is 2.49. The number of fused-ring (bicyclic) bond motifs is 9. The summed E-state index contributed by atoms with van der Waals surface area (Å²) in [5.41, 5.74) is 20.2. The van der Waals surface area contributed by atoms with Crippen molar-refractivity contribution in [1.29, 1.82) is 0 Å². The molecule has 0 saturated carbocycles. The lowest BCUT2D eigenvalue weighted by molar-refractivity contribution is 0.660. The van der Waals surface area contributed by atoms with E-state index >= 15 is 0 Å². The zero-order valence-corrected chi connectivity index (χ0v) is 32.2. The molecule has 0 unspecified atom stereocenters. The van der Waals surface area contributed by atoms with Gasteiger partial charge in [0.2, 0.25) is 0 Å². The van der Waals surface area contributed by atoms with Gasteiger partial charge >= 0.3 is 0 Å². The highest BCUT2D eigenvalue weighted by molar-refractivity contribution is 6.09. The summed E-state index contributed by atoms with van der Waals surface area (Å²) in [7, 11) is 0. The molecule has 2 aliphatic rings. The highest BCUT2D eigenvalue weighted by atomic mass is 15.1. The Balaban J connectivity index is 1.03. The Bertz CT molecular complexity index is 2960. The SMILES string of the molecule is CC1(C)c2ccccc2-c2ccc(N(c3ccc(-c4ccc(-n5c6ccccc6c6ccccc65)cc4)cc3)c3cccc4c3-c3ccccc3C4(C)C)cc21. The molecule has 56 heavy (non-hydrogen) atoms. The van der Waals surface area contributed by atoms with Gasteiger partial charge in [-0.2, -0.15) is 0 Å². The van der Waals surface area contributed by atoms with Crippen molar-refractivity contribution >= 4 is 38.9 Å². The summed E-state index contributed by atoms with van der Waals surface area (Å²) < 4.78 is 2.38. The molecule has 11 rings (SSSR count). The Kier molecular flexibility index (Phi) is 6.98. The monoisotopic (exact) mass is 718 g/mol. The number of hydrogen-bond acceptors (Lipinski definition) is 1. The van der Waals surface area contributed by atoms with E-state index in [0.29, 0.717) is 0 Å². The molecule has 0 saturated heterocycles. The van der Waals surface area contributed by atoms with Gasteiger partial charge in [-0.25, -0.2) is 0 Å². The zero-order valence-electron chi connectivity index (χ0n) is 32.2. The van der Waals surface area contributed by atoms with E-state index < -0.39 is 0 Å². The second-order valence-corrected chi connectivity index (χ2v) is 16.6. The minimum absolute atomic E-state index is 0.0928. The van der Waals surface area contributed by atoms with Crippen molar-refractivity contribution in [2.75, 3.05) is 4.90 Å². The van der Waals surface area contributed by atoms with Gasteiger partial charge in [0.1, 0.15) is 0 Å². The number of nitrogens with zero attached hydrogens (tertiary/aromatic N) is 2. The first-order chi connectivity index (χ1) is 27.3. The van der Waals surface area contributed by atoms with Gasteiger partial charge in [0.05, 0.1) is 16.7 Å². The number of anilines is 3. The fourth-order valence-electron chi connectivity index (χ4n) is 9.99. The van der Waals surface area contributed by atoms with E-state index in [0.717, 1.165) is 11.4 Å². The molecule has 0 amide bonds. The minimum Gasteiger partial charge on any atom is -0.310 e. The second-order valence-electron chi connectivity index (χ2n) is 16.6. The van der Waals surface area contributed by atoms with Gasteiger partial charge in [-0.3, -0.25) is 0 Å². The van der Waals surface area contributed by atoms with Crippen LogP contribution in [0.2, 0.25) is 0 Å². The lowest BCUT2D eigenvalue weighted by atomic mass is 9.82. The normalized spacial score (nSPS) is 14.4. The van der Waals surface area contributed by atoms with Gasteiger partial charge in [-0.05, 0) is 105 Å². The summed E-state index contributed by atoms with van der Waals surface area (Å²) in [6, 6.07) is 67.5. The first-order valence-corrected chi connectivity index (χ1v) is 19.8. The van der Waals surface area contributed by atoms with Crippen LogP contribution in [0.4, 0.5) is 17.1 Å². The van der Waals surface area contributed by atoms with Gasteiger partial charge in [0, 0.05) is 44.2 Å². The molecule has 8 aromatic carbocycles. The van der Waals surface area contributed by atoms with Crippen molar-refractivity contribution in [2.45, 2.75) is 38.5 Å². The highest BCUT2D eigenvalue weighted by Gasteiger charge is 2.39. The molecule has 0 spiro atoms. The third-order valence-electron chi connectivity index (χ3n) is 12.8. The predicted octanol–water partition coefficient (Wildman–Crippen LogP) is 14.5. The summed E-state index contributed by atoms with van der Waals surface area (Å²) in [5.74, 6) is 0. The summed E-state index contributed by atoms with van der Waals surface area (Å²) in [5, 5.41) is 2.56. The lowest BCUT2D eigenvalue weighted by Gasteiger charge is -2.30.